The molecule has 1 fully saturated rings. The summed E-state index contributed by atoms with van der Waals surface area (Å²) in [5, 5.41) is 24.5. The van der Waals surface area contributed by atoms with E-state index in [0.717, 1.165) is 5.56 Å². The summed E-state index contributed by atoms with van der Waals surface area (Å²) in [4.78, 5) is 96.7. The summed E-state index contributed by atoms with van der Waals surface area (Å²) in [6.45, 7) is 13.2. The van der Waals surface area contributed by atoms with Gasteiger partial charge in [-0.15, -0.1) is 0 Å². The molecule has 0 saturated carbocycles. The molecule has 0 aliphatic carbocycles. The third-order valence-electron chi connectivity index (χ3n) is 11.9. The van der Waals surface area contributed by atoms with Crippen molar-refractivity contribution < 1.29 is 53.2 Å². The summed E-state index contributed by atoms with van der Waals surface area (Å²) in [5.41, 5.74) is 0.762. The lowest BCUT2D eigenvalue weighted by molar-refractivity contribution is -0.149. The van der Waals surface area contributed by atoms with Gasteiger partial charge in [0.15, 0.2) is 0 Å². The van der Waals surface area contributed by atoms with Crippen LogP contribution in [-0.2, 0) is 49.5 Å². The van der Waals surface area contributed by atoms with Crippen LogP contribution in [0.3, 0.4) is 0 Å². The van der Waals surface area contributed by atoms with Crippen molar-refractivity contribution in [3.63, 3.8) is 0 Å². The predicted octanol–water partition coefficient (Wildman–Crippen LogP) is 3.60. The first-order chi connectivity index (χ1) is 28.2. The first-order valence-corrected chi connectivity index (χ1v) is 21.2. The van der Waals surface area contributed by atoms with E-state index in [-0.39, 0.29) is 67.6 Å². The monoisotopic (exact) mass is 846 g/mol. The minimum absolute atomic E-state index is 0.0383. The van der Waals surface area contributed by atoms with Crippen LogP contribution in [0.15, 0.2) is 30.3 Å². The normalized spacial score (nSPS) is 18.1. The lowest BCUT2D eigenvalue weighted by atomic mass is 9.89. The largest absolute Gasteiger partial charge is 0.481 e. The van der Waals surface area contributed by atoms with Gasteiger partial charge in [0, 0.05) is 54.1 Å². The molecular formula is C44H71N5O11. The maximum Gasteiger partial charge on any atom is 0.326 e. The number of methoxy groups -OCH3 is 2. The fraction of sp³-hybridized carbons (Fsp3) is 0.705. The number of nitrogens with one attached hydrogen (secondary N) is 2. The van der Waals surface area contributed by atoms with E-state index >= 15 is 0 Å². The van der Waals surface area contributed by atoms with E-state index in [1.807, 2.05) is 33.8 Å². The maximum atomic E-state index is 14.4. The van der Waals surface area contributed by atoms with Gasteiger partial charge in [-0.1, -0.05) is 85.2 Å². The second kappa shape index (κ2) is 24.6. The number of hydrogen-bond donors (Lipinski definition) is 4. The average Bonchev–Trinajstić information content (AvgIpc) is 3.68. The molecule has 60 heavy (non-hydrogen) atoms. The van der Waals surface area contributed by atoms with Crippen LogP contribution in [0.4, 0.5) is 0 Å². The van der Waals surface area contributed by atoms with Crippen LogP contribution >= 0.6 is 0 Å². The van der Waals surface area contributed by atoms with Crippen LogP contribution in [-0.4, -0.2) is 144 Å². The number of aliphatic carboxylic acids is 2. The van der Waals surface area contributed by atoms with Crippen LogP contribution in [0.25, 0.3) is 0 Å². The maximum absolute atomic E-state index is 14.4. The number of likely N-dealkylation sites (tertiary alicyclic amines) is 1. The standard InChI is InChI=1S/C44H71N5O11/c1-12-28(6)39(48(9)43(56)37(26(2)3)46-42(55)38(27(4)5)47(8)34(50)21-16-22-36(52)53)33(59-10)25-35(51)49-23-17-20-32(49)40(60-11)29(7)41(54)45-31(44(57)58)24-30-18-14-13-15-19-30/h13-15,18-19,26-29,31-33,37-40H,12,16-17,20-25H2,1-11H3,(H,45,54)(H,46,55)(H,52,53)(H,57,58)/t28?,29-,31+,32+,33-,37+,38?,39?,40-/m1/s1. The van der Waals surface area contributed by atoms with Crippen molar-refractivity contribution in [2.75, 3.05) is 34.9 Å². The predicted molar refractivity (Wildman–Crippen MR) is 225 cm³/mol. The Kier molecular flexibility index (Phi) is 21.2. The van der Waals surface area contributed by atoms with E-state index in [1.165, 1.54) is 26.2 Å². The number of benzene rings is 1. The van der Waals surface area contributed by atoms with E-state index in [0.29, 0.717) is 25.8 Å². The molecule has 16 heteroatoms. The van der Waals surface area contributed by atoms with Crippen molar-refractivity contribution in [2.24, 2.45) is 23.7 Å². The van der Waals surface area contributed by atoms with Crippen molar-refractivity contribution in [1.82, 2.24) is 25.3 Å². The van der Waals surface area contributed by atoms with Crippen LogP contribution < -0.4 is 10.6 Å². The van der Waals surface area contributed by atoms with Crippen molar-refractivity contribution >= 4 is 41.5 Å². The Hall–Kier alpha value is -4.57. The molecule has 5 amide bonds. The van der Waals surface area contributed by atoms with Gasteiger partial charge in [-0.2, -0.15) is 0 Å². The second-order valence-electron chi connectivity index (χ2n) is 16.8. The Morgan fingerprint density at radius 3 is 2.00 bits per heavy atom. The minimum Gasteiger partial charge on any atom is -0.481 e. The van der Waals surface area contributed by atoms with Gasteiger partial charge in [-0.05, 0) is 42.6 Å². The van der Waals surface area contributed by atoms with Crippen LogP contribution in [0.5, 0.6) is 0 Å². The highest BCUT2D eigenvalue weighted by Crippen LogP contribution is 2.30. The summed E-state index contributed by atoms with van der Waals surface area (Å²) in [7, 11) is 6.10. The molecule has 0 spiro atoms. The van der Waals surface area contributed by atoms with E-state index in [2.05, 4.69) is 10.6 Å². The third-order valence-corrected chi connectivity index (χ3v) is 11.9. The van der Waals surface area contributed by atoms with Crippen LogP contribution in [0.1, 0.15) is 99.0 Å². The quantitative estimate of drug-likeness (QED) is 0.112. The van der Waals surface area contributed by atoms with E-state index in [1.54, 1.807) is 61.9 Å². The number of likely N-dealkylation sites (N-methyl/N-ethyl adjacent to an activating group) is 2. The molecule has 3 unspecified atom stereocenters. The SMILES string of the molecule is CCC(C)C([C@@H](CC(=O)N1CCC[C@H]1[C@H](OC)[C@@H](C)C(=O)N[C@@H](Cc1ccccc1)C(=O)O)OC)N(C)C(=O)[C@@H](NC(=O)C(C(C)C)N(C)C(=O)CCCC(=O)O)C(C)C. The number of carbonyl (C=O) groups excluding carboxylic acids is 5. The molecule has 1 aromatic carbocycles. The lowest BCUT2D eigenvalue weighted by Crippen LogP contribution is -2.60. The number of carbonyl (C=O) groups is 7. The molecule has 1 aromatic rings. The average molecular weight is 846 g/mol. The fourth-order valence-electron chi connectivity index (χ4n) is 8.28. The number of ether oxygens (including phenoxy) is 2. The zero-order valence-corrected chi connectivity index (χ0v) is 37.5. The molecule has 1 saturated heterocycles. The zero-order chi connectivity index (χ0) is 45.4. The number of hydrogen-bond acceptors (Lipinski definition) is 9. The highest BCUT2D eigenvalue weighted by molar-refractivity contribution is 5.92. The Morgan fingerprint density at radius 2 is 1.48 bits per heavy atom. The second-order valence-corrected chi connectivity index (χ2v) is 16.8. The van der Waals surface area contributed by atoms with E-state index in [4.69, 9.17) is 14.6 Å². The van der Waals surface area contributed by atoms with E-state index < -0.39 is 72.1 Å². The smallest absolute Gasteiger partial charge is 0.326 e. The summed E-state index contributed by atoms with van der Waals surface area (Å²) >= 11 is 0. The van der Waals surface area contributed by atoms with Gasteiger partial charge in [-0.25, -0.2) is 4.79 Å². The van der Waals surface area contributed by atoms with Gasteiger partial charge >= 0.3 is 11.9 Å². The van der Waals surface area contributed by atoms with Gasteiger partial charge in [-0.3, -0.25) is 28.8 Å². The molecule has 1 heterocycles. The molecular weight excluding hydrogens is 775 g/mol. The van der Waals surface area contributed by atoms with Crippen molar-refractivity contribution in [3.05, 3.63) is 35.9 Å². The van der Waals surface area contributed by atoms with E-state index in [9.17, 15) is 38.7 Å². The summed E-state index contributed by atoms with van der Waals surface area (Å²) < 4.78 is 11.9. The molecule has 0 radical (unpaired) electrons. The number of amides is 5. The molecule has 1 aliphatic heterocycles. The van der Waals surface area contributed by atoms with Crippen molar-refractivity contribution in [2.45, 2.75) is 142 Å². The van der Waals surface area contributed by atoms with Crippen molar-refractivity contribution in [1.29, 1.82) is 0 Å². The molecule has 0 bridgehead atoms. The van der Waals surface area contributed by atoms with Gasteiger partial charge < -0.3 is 45.0 Å². The molecule has 16 nitrogen and oxygen atoms in total. The molecule has 338 valence electrons. The van der Waals surface area contributed by atoms with Gasteiger partial charge in [0.2, 0.25) is 29.5 Å². The molecule has 1 aliphatic rings. The Balaban J connectivity index is 2.28. The van der Waals surface area contributed by atoms with Crippen molar-refractivity contribution in [3.8, 4) is 0 Å². The summed E-state index contributed by atoms with van der Waals surface area (Å²) in [5.74, 6) is -5.80. The van der Waals surface area contributed by atoms with Crippen LogP contribution in [0, 0.1) is 23.7 Å². The highest BCUT2D eigenvalue weighted by atomic mass is 16.5. The van der Waals surface area contributed by atoms with Gasteiger partial charge in [0.1, 0.15) is 18.1 Å². The number of carboxylic acids is 2. The number of nitrogens with zero attached hydrogens (tertiary/aromatic N) is 3. The molecule has 0 aromatic heterocycles. The topological polar surface area (TPSA) is 212 Å². The minimum atomic E-state index is -1.16. The fourth-order valence-corrected chi connectivity index (χ4v) is 8.28. The number of rotatable bonds is 25. The molecule has 4 N–H and O–H groups in total. The first kappa shape index (κ1) is 51.6. The lowest BCUT2D eigenvalue weighted by Gasteiger charge is -2.41. The Morgan fingerprint density at radius 1 is 0.850 bits per heavy atom. The van der Waals surface area contributed by atoms with Gasteiger partial charge in [0.05, 0.1) is 36.6 Å². The molecule has 2 rings (SSSR count). The number of carboxylic acid groups (broad SMARTS) is 2. The Labute approximate surface area is 356 Å². The molecule has 9 atom stereocenters. The third kappa shape index (κ3) is 14.3. The highest BCUT2D eigenvalue weighted by Gasteiger charge is 2.43. The van der Waals surface area contributed by atoms with Crippen LogP contribution in [0.2, 0.25) is 0 Å². The zero-order valence-electron chi connectivity index (χ0n) is 37.5. The summed E-state index contributed by atoms with van der Waals surface area (Å²) in [6, 6.07) is 4.90. The first-order valence-electron chi connectivity index (χ1n) is 21.2. The van der Waals surface area contributed by atoms with Gasteiger partial charge in [0.25, 0.3) is 0 Å². The Bertz CT molecular complexity index is 1590. The summed E-state index contributed by atoms with van der Waals surface area (Å²) in [6.07, 6.45) is 0.333.